The Balaban J connectivity index is 2.34. The van der Waals surface area contributed by atoms with Crippen LogP contribution in [0.5, 0.6) is 0 Å². The van der Waals surface area contributed by atoms with Crippen molar-refractivity contribution in [1.29, 1.82) is 0 Å². The summed E-state index contributed by atoms with van der Waals surface area (Å²) < 4.78 is 0. The molecule has 84 valence electrons. The summed E-state index contributed by atoms with van der Waals surface area (Å²) in [4.78, 5) is 0. The van der Waals surface area contributed by atoms with Crippen molar-refractivity contribution in [3.05, 3.63) is 35.9 Å². The molecule has 0 amide bonds. The summed E-state index contributed by atoms with van der Waals surface area (Å²) in [7, 11) is 0. The van der Waals surface area contributed by atoms with Crippen molar-refractivity contribution in [2.45, 2.75) is 25.6 Å². The molecule has 0 heterocycles. The second kappa shape index (κ2) is 5.26. The zero-order valence-electron chi connectivity index (χ0n) is 9.27. The van der Waals surface area contributed by atoms with Gasteiger partial charge in [-0.25, -0.2) is 0 Å². The van der Waals surface area contributed by atoms with E-state index in [-0.39, 0.29) is 0 Å². The molecule has 1 unspecified atom stereocenters. The summed E-state index contributed by atoms with van der Waals surface area (Å²) in [6, 6.07) is 9.48. The zero-order valence-corrected chi connectivity index (χ0v) is 9.27. The Kier molecular flexibility index (Phi) is 4.27. The van der Waals surface area contributed by atoms with Crippen molar-refractivity contribution in [2.24, 2.45) is 0 Å². The summed E-state index contributed by atoms with van der Waals surface area (Å²) in [5.74, 6) is 0. The van der Waals surface area contributed by atoms with Gasteiger partial charge in [0.25, 0.3) is 0 Å². The van der Waals surface area contributed by atoms with Crippen molar-refractivity contribution in [1.82, 2.24) is 5.32 Å². The molecule has 1 rings (SSSR count). The third-order valence-electron chi connectivity index (χ3n) is 2.08. The summed E-state index contributed by atoms with van der Waals surface area (Å²) in [6.07, 6.45) is -0.520. The van der Waals surface area contributed by atoms with Crippen LogP contribution in [0.4, 0.5) is 0 Å². The molecule has 0 fully saturated rings. The van der Waals surface area contributed by atoms with Crippen LogP contribution in [-0.2, 0) is 0 Å². The van der Waals surface area contributed by atoms with Gasteiger partial charge in [0.1, 0.15) is 0 Å². The summed E-state index contributed by atoms with van der Waals surface area (Å²) >= 11 is 0. The van der Waals surface area contributed by atoms with Gasteiger partial charge in [-0.05, 0) is 19.4 Å². The maximum absolute atomic E-state index is 9.77. The van der Waals surface area contributed by atoms with Crippen LogP contribution in [0.2, 0.25) is 0 Å². The molecule has 1 atom stereocenters. The average molecular weight is 209 g/mol. The molecule has 0 saturated carbocycles. The van der Waals surface area contributed by atoms with Gasteiger partial charge in [-0.15, -0.1) is 0 Å². The molecule has 3 N–H and O–H groups in total. The molecule has 0 bridgehead atoms. The lowest BCUT2D eigenvalue weighted by molar-refractivity contribution is 0.0740. The van der Waals surface area contributed by atoms with E-state index < -0.39 is 11.7 Å². The number of hydrogen-bond acceptors (Lipinski definition) is 3. The minimum atomic E-state index is -0.740. The van der Waals surface area contributed by atoms with Crippen LogP contribution in [0.25, 0.3) is 0 Å². The van der Waals surface area contributed by atoms with Gasteiger partial charge in [-0.2, -0.15) is 0 Å². The first-order chi connectivity index (χ1) is 6.99. The number of aliphatic hydroxyl groups is 2. The Morgan fingerprint density at radius 3 is 2.40 bits per heavy atom. The highest BCUT2D eigenvalue weighted by Gasteiger charge is 2.13. The van der Waals surface area contributed by atoms with E-state index in [9.17, 15) is 10.2 Å². The molecule has 0 aliphatic rings. The number of hydrogen-bond donors (Lipinski definition) is 3. The van der Waals surface area contributed by atoms with Gasteiger partial charge < -0.3 is 15.5 Å². The number of aliphatic hydroxyl groups excluding tert-OH is 1. The highest BCUT2D eigenvalue weighted by molar-refractivity contribution is 5.17. The van der Waals surface area contributed by atoms with Crippen molar-refractivity contribution in [3.8, 4) is 0 Å². The fourth-order valence-electron chi connectivity index (χ4n) is 1.31. The first kappa shape index (κ1) is 12.2. The average Bonchev–Trinajstić information content (AvgIpc) is 2.17. The highest BCUT2D eigenvalue weighted by Crippen LogP contribution is 2.10. The molecule has 0 aliphatic carbocycles. The van der Waals surface area contributed by atoms with Crippen LogP contribution in [0.1, 0.15) is 25.5 Å². The predicted molar refractivity (Wildman–Crippen MR) is 60.6 cm³/mol. The number of benzene rings is 1. The van der Waals surface area contributed by atoms with Crippen molar-refractivity contribution in [3.63, 3.8) is 0 Å². The Hall–Kier alpha value is -0.900. The fraction of sp³-hybridized carbons (Fsp3) is 0.500. The van der Waals surface area contributed by atoms with Gasteiger partial charge in [-0.1, -0.05) is 30.3 Å². The smallest absolute Gasteiger partial charge is 0.0914 e. The van der Waals surface area contributed by atoms with E-state index in [1.807, 2.05) is 30.3 Å². The minimum Gasteiger partial charge on any atom is -0.389 e. The summed E-state index contributed by atoms with van der Waals surface area (Å²) in [5, 5.41) is 22.3. The SMILES string of the molecule is CC(C)(O)CNCC(O)c1ccccc1. The first-order valence-electron chi connectivity index (χ1n) is 5.15. The van der Waals surface area contributed by atoms with Crippen LogP contribution in [0.3, 0.4) is 0 Å². The molecule has 0 saturated heterocycles. The Morgan fingerprint density at radius 1 is 1.27 bits per heavy atom. The first-order valence-corrected chi connectivity index (χ1v) is 5.15. The Bertz CT molecular complexity index is 279. The van der Waals surface area contributed by atoms with Gasteiger partial charge in [0.2, 0.25) is 0 Å². The van der Waals surface area contributed by atoms with Crippen LogP contribution in [0, 0.1) is 0 Å². The number of nitrogens with one attached hydrogen (secondary N) is 1. The van der Waals surface area contributed by atoms with E-state index >= 15 is 0 Å². The molecule has 3 heteroatoms. The largest absolute Gasteiger partial charge is 0.389 e. The molecule has 1 aromatic rings. The highest BCUT2D eigenvalue weighted by atomic mass is 16.3. The molecular formula is C12H19NO2. The molecule has 3 nitrogen and oxygen atoms in total. The third kappa shape index (κ3) is 4.93. The van der Waals surface area contributed by atoms with E-state index in [2.05, 4.69) is 5.32 Å². The van der Waals surface area contributed by atoms with Crippen molar-refractivity contribution < 1.29 is 10.2 Å². The topological polar surface area (TPSA) is 52.5 Å². The van der Waals surface area contributed by atoms with Crippen LogP contribution in [0.15, 0.2) is 30.3 Å². The third-order valence-corrected chi connectivity index (χ3v) is 2.08. The van der Waals surface area contributed by atoms with E-state index in [1.54, 1.807) is 13.8 Å². The predicted octanol–water partition coefficient (Wildman–Crippen LogP) is 1.08. The second-order valence-electron chi connectivity index (χ2n) is 4.37. The van der Waals surface area contributed by atoms with Gasteiger partial charge in [0.15, 0.2) is 0 Å². The van der Waals surface area contributed by atoms with Gasteiger partial charge in [0, 0.05) is 13.1 Å². The molecule has 1 aromatic carbocycles. The lowest BCUT2D eigenvalue weighted by atomic mass is 10.1. The van der Waals surface area contributed by atoms with Gasteiger partial charge >= 0.3 is 0 Å². The summed E-state index contributed by atoms with van der Waals surface area (Å²) in [6.45, 7) is 4.38. The maximum Gasteiger partial charge on any atom is 0.0914 e. The molecule has 0 radical (unpaired) electrons. The minimum absolute atomic E-state index is 0.452. The van der Waals surface area contributed by atoms with Gasteiger partial charge in [-0.3, -0.25) is 0 Å². The zero-order chi connectivity index (χ0) is 11.3. The lowest BCUT2D eigenvalue weighted by Crippen LogP contribution is -2.36. The van der Waals surface area contributed by atoms with Crippen molar-refractivity contribution in [2.75, 3.05) is 13.1 Å². The van der Waals surface area contributed by atoms with Crippen LogP contribution >= 0.6 is 0 Å². The fourth-order valence-corrected chi connectivity index (χ4v) is 1.31. The van der Waals surface area contributed by atoms with E-state index in [0.29, 0.717) is 13.1 Å². The molecule has 0 aliphatic heterocycles. The second-order valence-corrected chi connectivity index (χ2v) is 4.37. The maximum atomic E-state index is 9.77. The standard InChI is InChI=1S/C12H19NO2/c1-12(2,15)9-13-8-11(14)10-6-4-3-5-7-10/h3-7,11,13-15H,8-9H2,1-2H3. The van der Waals surface area contributed by atoms with E-state index in [0.717, 1.165) is 5.56 Å². The van der Waals surface area contributed by atoms with Gasteiger partial charge in [0.05, 0.1) is 11.7 Å². The molecule has 0 spiro atoms. The Morgan fingerprint density at radius 2 is 1.87 bits per heavy atom. The van der Waals surface area contributed by atoms with Crippen LogP contribution < -0.4 is 5.32 Å². The lowest BCUT2D eigenvalue weighted by Gasteiger charge is -2.19. The summed E-state index contributed by atoms with van der Waals surface area (Å²) in [5.41, 5.74) is 0.150. The monoisotopic (exact) mass is 209 g/mol. The van der Waals surface area contributed by atoms with E-state index in [1.165, 1.54) is 0 Å². The quantitative estimate of drug-likeness (QED) is 0.680. The molecule has 0 aromatic heterocycles. The Labute approximate surface area is 90.8 Å². The normalized spacial score (nSPS) is 13.9. The van der Waals surface area contributed by atoms with Crippen LogP contribution in [-0.4, -0.2) is 28.9 Å². The molecule has 15 heavy (non-hydrogen) atoms. The van der Waals surface area contributed by atoms with Crippen molar-refractivity contribution >= 4 is 0 Å². The number of rotatable bonds is 5. The molecular weight excluding hydrogens is 190 g/mol. The van der Waals surface area contributed by atoms with E-state index in [4.69, 9.17) is 0 Å².